The van der Waals surface area contributed by atoms with Crippen LogP contribution in [-0.2, 0) is 10.0 Å². The Bertz CT molecular complexity index is 754. The van der Waals surface area contributed by atoms with Crippen molar-refractivity contribution in [3.63, 3.8) is 0 Å². The Kier molecular flexibility index (Phi) is 4.05. The van der Waals surface area contributed by atoms with E-state index in [1.54, 1.807) is 13.8 Å². The number of carbonyl (C=O) groups is 1. The Morgan fingerprint density at radius 2 is 2.05 bits per heavy atom. The van der Waals surface area contributed by atoms with Crippen molar-refractivity contribution in [1.29, 1.82) is 0 Å². The number of sulfonamides is 1. The van der Waals surface area contributed by atoms with Crippen molar-refractivity contribution in [3.8, 4) is 5.69 Å². The molecule has 0 aliphatic rings. The molecule has 8 nitrogen and oxygen atoms in total. The van der Waals surface area contributed by atoms with E-state index in [1.807, 2.05) is 0 Å². The van der Waals surface area contributed by atoms with Gasteiger partial charge in [0.05, 0.1) is 16.1 Å². The molecule has 0 fully saturated rings. The minimum Gasteiger partial charge on any atom is -0.478 e. The second kappa shape index (κ2) is 5.62. The first-order valence-corrected chi connectivity index (χ1v) is 7.53. The zero-order valence-electron chi connectivity index (χ0n) is 11.4. The first-order valence-electron chi connectivity index (χ1n) is 6.05. The van der Waals surface area contributed by atoms with Gasteiger partial charge in [-0.25, -0.2) is 27.6 Å². The molecule has 2 N–H and O–H groups in total. The molecule has 9 heteroatoms. The molecule has 0 bridgehead atoms. The number of carboxylic acids is 1. The summed E-state index contributed by atoms with van der Waals surface area (Å²) in [5.74, 6) is -1.22. The summed E-state index contributed by atoms with van der Waals surface area (Å²) in [6.45, 7) is 3.36. The van der Waals surface area contributed by atoms with Gasteiger partial charge >= 0.3 is 5.97 Å². The average molecular weight is 310 g/mol. The van der Waals surface area contributed by atoms with Gasteiger partial charge in [0.1, 0.15) is 12.7 Å². The van der Waals surface area contributed by atoms with Crippen LogP contribution in [0.15, 0.2) is 35.7 Å². The zero-order valence-corrected chi connectivity index (χ0v) is 12.2. The quantitative estimate of drug-likeness (QED) is 0.838. The molecule has 0 saturated carbocycles. The van der Waals surface area contributed by atoms with Crippen molar-refractivity contribution in [3.05, 3.63) is 36.4 Å². The Morgan fingerprint density at radius 3 is 2.57 bits per heavy atom. The first-order chi connectivity index (χ1) is 9.79. The third kappa shape index (κ3) is 3.44. The fourth-order valence-corrected chi connectivity index (χ4v) is 3.03. The Labute approximate surface area is 121 Å². The second-order valence-electron chi connectivity index (χ2n) is 4.64. The van der Waals surface area contributed by atoms with E-state index in [0.717, 1.165) is 6.07 Å². The number of hydrogen-bond donors (Lipinski definition) is 2. The predicted molar refractivity (Wildman–Crippen MR) is 73.8 cm³/mol. The van der Waals surface area contributed by atoms with Gasteiger partial charge in [0.25, 0.3) is 0 Å². The molecule has 0 aliphatic carbocycles. The molecule has 0 unspecified atom stereocenters. The van der Waals surface area contributed by atoms with Crippen LogP contribution >= 0.6 is 0 Å². The summed E-state index contributed by atoms with van der Waals surface area (Å²) >= 11 is 0. The van der Waals surface area contributed by atoms with Gasteiger partial charge in [-0.05, 0) is 32.0 Å². The van der Waals surface area contributed by atoms with E-state index in [0.29, 0.717) is 5.69 Å². The van der Waals surface area contributed by atoms with E-state index in [4.69, 9.17) is 5.11 Å². The van der Waals surface area contributed by atoms with Gasteiger partial charge in [0, 0.05) is 6.04 Å². The van der Waals surface area contributed by atoms with E-state index in [1.165, 1.54) is 29.5 Å². The molecule has 1 aromatic carbocycles. The van der Waals surface area contributed by atoms with Gasteiger partial charge in [0.15, 0.2) is 0 Å². The van der Waals surface area contributed by atoms with Crippen LogP contribution in [0.3, 0.4) is 0 Å². The van der Waals surface area contributed by atoms with Crippen LogP contribution in [0.4, 0.5) is 0 Å². The van der Waals surface area contributed by atoms with Gasteiger partial charge in [-0.1, -0.05) is 0 Å². The highest BCUT2D eigenvalue weighted by Crippen LogP contribution is 2.18. The number of nitrogens with zero attached hydrogens (tertiary/aromatic N) is 3. The van der Waals surface area contributed by atoms with Crippen molar-refractivity contribution in [2.45, 2.75) is 24.8 Å². The van der Waals surface area contributed by atoms with Crippen LogP contribution in [0, 0.1) is 0 Å². The van der Waals surface area contributed by atoms with Crippen LogP contribution in [0.5, 0.6) is 0 Å². The SMILES string of the molecule is CC(C)NS(=O)(=O)c1cc(C(=O)O)cc(-n2cncn2)c1. The minimum atomic E-state index is -3.80. The van der Waals surface area contributed by atoms with Crippen molar-refractivity contribution in [2.24, 2.45) is 0 Å². The van der Waals surface area contributed by atoms with E-state index >= 15 is 0 Å². The molecule has 0 aliphatic heterocycles. The molecule has 2 rings (SSSR count). The molecule has 21 heavy (non-hydrogen) atoms. The van der Waals surface area contributed by atoms with Crippen LogP contribution in [0.1, 0.15) is 24.2 Å². The summed E-state index contributed by atoms with van der Waals surface area (Å²) < 4.78 is 28.1. The fraction of sp³-hybridized carbons (Fsp3) is 0.250. The summed E-state index contributed by atoms with van der Waals surface area (Å²) in [5, 5.41) is 13.0. The molecule has 0 amide bonds. The lowest BCUT2D eigenvalue weighted by Crippen LogP contribution is -2.30. The number of aromatic nitrogens is 3. The van der Waals surface area contributed by atoms with Crippen molar-refractivity contribution in [2.75, 3.05) is 0 Å². The Morgan fingerprint density at radius 1 is 1.33 bits per heavy atom. The molecule has 0 saturated heterocycles. The van der Waals surface area contributed by atoms with Crippen LogP contribution < -0.4 is 4.72 Å². The highest BCUT2D eigenvalue weighted by atomic mass is 32.2. The number of nitrogens with one attached hydrogen (secondary N) is 1. The predicted octanol–water partition coefficient (Wildman–Crippen LogP) is 0.652. The molecule has 0 radical (unpaired) electrons. The molecular formula is C12H14N4O4S. The number of carboxylic acid groups (broad SMARTS) is 1. The monoisotopic (exact) mass is 310 g/mol. The average Bonchev–Trinajstić information content (AvgIpc) is 2.90. The van der Waals surface area contributed by atoms with E-state index in [9.17, 15) is 13.2 Å². The summed E-state index contributed by atoms with van der Waals surface area (Å²) in [7, 11) is -3.80. The lowest BCUT2D eigenvalue weighted by atomic mass is 10.2. The van der Waals surface area contributed by atoms with Gasteiger partial charge in [0.2, 0.25) is 10.0 Å². The molecule has 0 spiro atoms. The fourth-order valence-electron chi connectivity index (χ4n) is 1.71. The molecule has 1 aromatic heterocycles. The number of aromatic carboxylic acids is 1. The summed E-state index contributed by atoms with van der Waals surface area (Å²) in [4.78, 5) is 14.8. The number of hydrogen-bond acceptors (Lipinski definition) is 5. The smallest absolute Gasteiger partial charge is 0.335 e. The third-order valence-electron chi connectivity index (χ3n) is 2.52. The van der Waals surface area contributed by atoms with Crippen molar-refractivity contribution < 1.29 is 18.3 Å². The Balaban J connectivity index is 2.59. The van der Waals surface area contributed by atoms with Gasteiger partial charge < -0.3 is 5.11 Å². The van der Waals surface area contributed by atoms with E-state index in [-0.39, 0.29) is 16.5 Å². The topological polar surface area (TPSA) is 114 Å². The number of benzene rings is 1. The minimum absolute atomic E-state index is 0.137. The molecule has 112 valence electrons. The normalized spacial score (nSPS) is 11.8. The highest BCUT2D eigenvalue weighted by Gasteiger charge is 2.19. The van der Waals surface area contributed by atoms with E-state index in [2.05, 4.69) is 14.8 Å². The van der Waals surface area contributed by atoms with Gasteiger partial charge in [-0.3, -0.25) is 0 Å². The Hall–Kier alpha value is -2.26. The number of rotatable bonds is 5. The first kappa shape index (κ1) is 15.1. The molecule has 2 aromatic rings. The third-order valence-corrected chi connectivity index (χ3v) is 4.16. The van der Waals surface area contributed by atoms with Crippen LogP contribution in [0.2, 0.25) is 0 Å². The van der Waals surface area contributed by atoms with Gasteiger partial charge in [-0.2, -0.15) is 5.10 Å². The summed E-state index contributed by atoms with van der Waals surface area (Å²) in [5.41, 5.74) is 0.156. The lowest BCUT2D eigenvalue weighted by molar-refractivity contribution is 0.0696. The summed E-state index contributed by atoms with van der Waals surface area (Å²) in [6, 6.07) is 3.46. The van der Waals surface area contributed by atoms with Crippen molar-refractivity contribution >= 4 is 16.0 Å². The largest absolute Gasteiger partial charge is 0.478 e. The maximum absolute atomic E-state index is 12.2. The van der Waals surface area contributed by atoms with Crippen LogP contribution in [-0.4, -0.2) is 40.3 Å². The maximum atomic E-state index is 12.2. The molecule has 0 atom stereocenters. The molecular weight excluding hydrogens is 296 g/mol. The summed E-state index contributed by atoms with van der Waals surface area (Å²) in [6.07, 6.45) is 2.63. The highest BCUT2D eigenvalue weighted by molar-refractivity contribution is 7.89. The molecule has 1 heterocycles. The zero-order chi connectivity index (χ0) is 15.6. The van der Waals surface area contributed by atoms with E-state index < -0.39 is 16.0 Å². The lowest BCUT2D eigenvalue weighted by Gasteiger charge is -2.11. The van der Waals surface area contributed by atoms with Crippen molar-refractivity contribution in [1.82, 2.24) is 19.5 Å². The standard InChI is InChI=1S/C12H14N4O4S/c1-8(2)15-21(19,20)11-4-9(12(17)18)3-10(5-11)16-7-13-6-14-16/h3-8,15H,1-2H3,(H,17,18). The van der Waals surface area contributed by atoms with Gasteiger partial charge in [-0.15, -0.1) is 0 Å². The maximum Gasteiger partial charge on any atom is 0.335 e. The van der Waals surface area contributed by atoms with Crippen LogP contribution in [0.25, 0.3) is 5.69 Å². The second-order valence-corrected chi connectivity index (χ2v) is 6.35.